The molecule has 1 N–H and O–H groups in total. The highest BCUT2D eigenvalue weighted by atomic mass is 16.5. The Morgan fingerprint density at radius 3 is 2.57 bits per heavy atom. The molecule has 2 aliphatic heterocycles. The molecule has 5 heteroatoms. The van der Waals surface area contributed by atoms with E-state index in [0.717, 1.165) is 51.6 Å². The lowest BCUT2D eigenvalue weighted by Gasteiger charge is -2.35. The van der Waals surface area contributed by atoms with E-state index in [0.29, 0.717) is 5.92 Å². The first-order valence-corrected chi connectivity index (χ1v) is 8.66. The number of piperazine rings is 1. The van der Waals surface area contributed by atoms with Gasteiger partial charge in [0.15, 0.2) is 0 Å². The van der Waals surface area contributed by atoms with Gasteiger partial charge in [0.05, 0.1) is 6.61 Å². The summed E-state index contributed by atoms with van der Waals surface area (Å²) in [5, 5.41) is 3.42. The summed E-state index contributed by atoms with van der Waals surface area (Å²) in [5.41, 5.74) is 1.21. The Morgan fingerprint density at radius 2 is 1.96 bits per heavy atom. The van der Waals surface area contributed by atoms with Crippen LogP contribution in [0.3, 0.4) is 0 Å². The number of hydrogen-bond acceptors (Lipinski definition) is 4. The van der Waals surface area contributed by atoms with E-state index in [1.54, 1.807) is 6.92 Å². The molecule has 0 saturated carbocycles. The number of rotatable bonds is 4. The van der Waals surface area contributed by atoms with Crippen molar-refractivity contribution in [2.75, 3.05) is 50.8 Å². The maximum atomic E-state index is 11.4. The number of piperidine rings is 1. The third kappa shape index (κ3) is 4.38. The first-order valence-electron chi connectivity index (χ1n) is 8.66. The van der Waals surface area contributed by atoms with Crippen molar-refractivity contribution in [1.82, 2.24) is 10.2 Å². The van der Waals surface area contributed by atoms with Crippen LogP contribution in [0, 0.1) is 5.92 Å². The molecule has 2 fully saturated rings. The van der Waals surface area contributed by atoms with E-state index < -0.39 is 0 Å². The molecule has 1 amide bonds. The zero-order valence-electron chi connectivity index (χ0n) is 14.0. The minimum atomic E-state index is 0.172. The molecule has 2 saturated heterocycles. The van der Waals surface area contributed by atoms with Crippen LogP contribution >= 0.6 is 0 Å². The molecular weight excluding hydrogens is 290 g/mol. The maximum absolute atomic E-state index is 11.4. The first-order chi connectivity index (χ1) is 11.2. The van der Waals surface area contributed by atoms with Gasteiger partial charge in [-0.25, -0.2) is 0 Å². The predicted octanol–water partition coefficient (Wildman–Crippen LogP) is 1.73. The van der Waals surface area contributed by atoms with Crippen molar-refractivity contribution >= 4 is 11.6 Å². The standard InChI is InChI=1S/C18H27N3O2/c1-15(22)20-9-11-21(12-10-20)17-4-6-18(7-5-17)23-14-16-3-2-8-19-13-16/h4-7,16,19H,2-3,8-14H2,1H3/t16-/m1/s1. The number of hydrogen-bond donors (Lipinski definition) is 1. The van der Waals surface area contributed by atoms with Crippen molar-refractivity contribution in [3.8, 4) is 5.75 Å². The van der Waals surface area contributed by atoms with Crippen LogP contribution in [-0.2, 0) is 4.79 Å². The normalized spacial score (nSPS) is 22.0. The number of carbonyl (C=O) groups excluding carboxylic acids is 1. The number of nitrogens with one attached hydrogen (secondary N) is 1. The Balaban J connectivity index is 1.48. The fourth-order valence-electron chi connectivity index (χ4n) is 3.31. The first kappa shape index (κ1) is 16.1. The van der Waals surface area contributed by atoms with Gasteiger partial charge in [-0.1, -0.05) is 0 Å². The van der Waals surface area contributed by atoms with Crippen molar-refractivity contribution in [3.05, 3.63) is 24.3 Å². The van der Waals surface area contributed by atoms with Gasteiger partial charge in [0.25, 0.3) is 0 Å². The Labute approximate surface area is 138 Å². The Bertz CT molecular complexity index is 504. The summed E-state index contributed by atoms with van der Waals surface area (Å²) in [6.45, 7) is 8.06. The molecule has 0 aliphatic carbocycles. The molecule has 0 radical (unpaired) electrons. The molecule has 1 aromatic rings. The van der Waals surface area contributed by atoms with Crippen LogP contribution in [0.4, 0.5) is 5.69 Å². The zero-order valence-corrected chi connectivity index (χ0v) is 14.0. The van der Waals surface area contributed by atoms with E-state index in [-0.39, 0.29) is 5.91 Å². The molecule has 0 aromatic heterocycles. The quantitative estimate of drug-likeness (QED) is 0.919. The van der Waals surface area contributed by atoms with Crippen LogP contribution < -0.4 is 15.0 Å². The Morgan fingerprint density at radius 1 is 1.22 bits per heavy atom. The average molecular weight is 317 g/mol. The van der Waals surface area contributed by atoms with E-state index in [2.05, 4.69) is 34.5 Å². The van der Waals surface area contributed by atoms with E-state index >= 15 is 0 Å². The van der Waals surface area contributed by atoms with E-state index in [9.17, 15) is 4.79 Å². The summed E-state index contributed by atoms with van der Waals surface area (Å²) in [4.78, 5) is 15.6. The van der Waals surface area contributed by atoms with Gasteiger partial charge in [-0.3, -0.25) is 4.79 Å². The smallest absolute Gasteiger partial charge is 0.219 e. The monoisotopic (exact) mass is 317 g/mol. The second-order valence-corrected chi connectivity index (χ2v) is 6.51. The summed E-state index contributed by atoms with van der Waals surface area (Å²) in [6.07, 6.45) is 2.50. The van der Waals surface area contributed by atoms with Crippen LogP contribution in [0.25, 0.3) is 0 Å². The van der Waals surface area contributed by atoms with Crippen molar-refractivity contribution in [3.63, 3.8) is 0 Å². The highest BCUT2D eigenvalue weighted by molar-refractivity contribution is 5.73. The summed E-state index contributed by atoms with van der Waals surface area (Å²) >= 11 is 0. The van der Waals surface area contributed by atoms with Gasteiger partial charge < -0.3 is 19.9 Å². The lowest BCUT2D eigenvalue weighted by Crippen LogP contribution is -2.48. The molecule has 5 nitrogen and oxygen atoms in total. The van der Waals surface area contributed by atoms with Crippen molar-refractivity contribution < 1.29 is 9.53 Å². The highest BCUT2D eigenvalue weighted by Crippen LogP contribution is 2.22. The molecule has 23 heavy (non-hydrogen) atoms. The van der Waals surface area contributed by atoms with E-state index in [1.165, 1.54) is 18.5 Å². The third-order valence-electron chi connectivity index (χ3n) is 4.81. The highest BCUT2D eigenvalue weighted by Gasteiger charge is 2.19. The van der Waals surface area contributed by atoms with Crippen LogP contribution in [0.2, 0.25) is 0 Å². The number of nitrogens with zero attached hydrogens (tertiary/aromatic N) is 2. The molecule has 1 aromatic carbocycles. The van der Waals surface area contributed by atoms with Gasteiger partial charge in [-0.05, 0) is 43.7 Å². The number of benzene rings is 1. The third-order valence-corrected chi connectivity index (χ3v) is 4.81. The second kappa shape index (κ2) is 7.68. The minimum absolute atomic E-state index is 0.172. The van der Waals surface area contributed by atoms with E-state index in [1.807, 2.05) is 4.90 Å². The summed E-state index contributed by atoms with van der Waals surface area (Å²) in [6, 6.07) is 8.36. The van der Waals surface area contributed by atoms with Crippen LogP contribution in [-0.4, -0.2) is 56.7 Å². The molecule has 2 heterocycles. The fraction of sp³-hybridized carbons (Fsp3) is 0.611. The molecule has 0 unspecified atom stereocenters. The van der Waals surface area contributed by atoms with Crippen molar-refractivity contribution in [1.29, 1.82) is 0 Å². The van der Waals surface area contributed by atoms with Crippen molar-refractivity contribution in [2.24, 2.45) is 5.92 Å². The zero-order chi connectivity index (χ0) is 16.1. The lowest BCUT2D eigenvalue weighted by molar-refractivity contribution is -0.129. The predicted molar refractivity (Wildman–Crippen MR) is 92.0 cm³/mol. The SMILES string of the molecule is CC(=O)N1CCN(c2ccc(OC[C@@H]3CCCNC3)cc2)CC1. The molecule has 1 atom stereocenters. The topological polar surface area (TPSA) is 44.8 Å². The largest absolute Gasteiger partial charge is 0.493 e. The number of anilines is 1. The van der Waals surface area contributed by atoms with Gasteiger partial charge in [-0.15, -0.1) is 0 Å². The fourth-order valence-corrected chi connectivity index (χ4v) is 3.31. The van der Waals surface area contributed by atoms with Gasteiger partial charge in [0.2, 0.25) is 5.91 Å². The minimum Gasteiger partial charge on any atom is -0.493 e. The molecule has 0 spiro atoms. The Kier molecular flexibility index (Phi) is 5.39. The van der Waals surface area contributed by atoms with Crippen LogP contribution in [0.1, 0.15) is 19.8 Å². The number of amides is 1. The molecule has 126 valence electrons. The number of carbonyl (C=O) groups is 1. The average Bonchev–Trinajstić information content (AvgIpc) is 2.61. The summed E-state index contributed by atoms with van der Waals surface area (Å²) < 4.78 is 5.92. The molecule has 2 aliphatic rings. The maximum Gasteiger partial charge on any atom is 0.219 e. The lowest BCUT2D eigenvalue weighted by atomic mass is 10.0. The van der Waals surface area contributed by atoms with Crippen LogP contribution in [0.5, 0.6) is 5.75 Å². The second-order valence-electron chi connectivity index (χ2n) is 6.51. The van der Waals surface area contributed by atoms with E-state index in [4.69, 9.17) is 4.74 Å². The van der Waals surface area contributed by atoms with Gasteiger partial charge in [-0.2, -0.15) is 0 Å². The molecule has 0 bridgehead atoms. The summed E-state index contributed by atoms with van der Waals surface area (Å²) in [7, 11) is 0. The summed E-state index contributed by atoms with van der Waals surface area (Å²) in [5.74, 6) is 1.75. The molecular formula is C18H27N3O2. The van der Waals surface area contributed by atoms with Crippen LogP contribution in [0.15, 0.2) is 24.3 Å². The van der Waals surface area contributed by atoms with Crippen molar-refractivity contribution in [2.45, 2.75) is 19.8 Å². The van der Waals surface area contributed by atoms with Gasteiger partial charge >= 0.3 is 0 Å². The number of ether oxygens (including phenoxy) is 1. The molecule has 3 rings (SSSR count). The van der Waals surface area contributed by atoms with Gasteiger partial charge in [0, 0.05) is 51.3 Å². The Hall–Kier alpha value is -1.75. The van der Waals surface area contributed by atoms with Gasteiger partial charge in [0.1, 0.15) is 5.75 Å².